The molecule has 3 fully saturated rings. The summed E-state index contributed by atoms with van der Waals surface area (Å²) in [6.45, 7) is 0.522. The summed E-state index contributed by atoms with van der Waals surface area (Å²) >= 11 is 0. The van der Waals surface area contributed by atoms with Gasteiger partial charge in [-0.2, -0.15) is 4.52 Å². The third-order valence-electron chi connectivity index (χ3n) is 18.0. The number of benzene rings is 11. The van der Waals surface area contributed by atoms with E-state index < -0.39 is 55.0 Å². The molecule has 0 saturated carbocycles. The fourth-order valence-electron chi connectivity index (χ4n) is 14.6. The summed E-state index contributed by atoms with van der Waals surface area (Å²) in [5, 5.41) is 11.1. The maximum atomic E-state index is 9.20. The number of nitrogens with zero attached hydrogens (tertiary/aromatic N) is 2. The van der Waals surface area contributed by atoms with Crippen molar-refractivity contribution >= 4 is 91.7 Å². The van der Waals surface area contributed by atoms with Crippen molar-refractivity contribution in [3.63, 3.8) is 0 Å². The lowest BCUT2D eigenvalue weighted by Crippen LogP contribution is -2.81. The fraction of sp³-hybridized carbons (Fsp3) is 0.132. The summed E-state index contributed by atoms with van der Waals surface area (Å²) in [5.74, 6) is 0. The van der Waals surface area contributed by atoms with Gasteiger partial charge in [-0.15, -0.1) is 4.52 Å². The topological polar surface area (TPSA) is 37.5 Å². The molecule has 3 saturated heterocycles. The summed E-state index contributed by atoms with van der Waals surface area (Å²) in [7, 11) is -7.64. The lowest BCUT2D eigenvalue weighted by molar-refractivity contribution is -0.104. The Hall–Kier alpha value is -6.63. The normalized spacial score (nSPS) is 21.9. The third-order valence-corrected chi connectivity index (χ3v) is 36.9. The number of hydrogen-bond donors (Lipinski definition) is 0. The van der Waals surface area contributed by atoms with Gasteiger partial charge in [0.1, 0.15) is 31.8 Å². The van der Waals surface area contributed by atoms with E-state index in [2.05, 4.69) is 357 Å². The van der Waals surface area contributed by atoms with Crippen LogP contribution in [0.1, 0.15) is 18.4 Å². The molecule has 1 spiro atoms. The number of likely N-dealkylation sites (N-methyl/N-ethyl adjacent to an activating group) is 2. The monoisotopic (exact) mass is 1210 g/mol. The minimum atomic E-state index is -3.42. The molecule has 5 nitrogen and oxygen atoms in total. The lowest BCUT2D eigenvalue weighted by Gasteiger charge is -2.65. The molecule has 14 rings (SSSR count). The van der Waals surface area contributed by atoms with Gasteiger partial charge in [0.2, 0.25) is 13.2 Å². The Kier molecular flexibility index (Phi) is 16.0. The molecule has 0 bridgehead atoms. The molecule has 4 atom stereocenters. The summed E-state index contributed by atoms with van der Waals surface area (Å²) in [4.78, 5) is 0. The highest BCUT2D eigenvalue weighted by atomic mass is 31.3. The van der Waals surface area contributed by atoms with E-state index in [9.17, 15) is 4.52 Å². The Bertz CT molecular complexity index is 3790. The van der Waals surface area contributed by atoms with Crippen molar-refractivity contribution in [2.45, 2.75) is 41.3 Å². The van der Waals surface area contributed by atoms with E-state index in [1.165, 1.54) is 58.6 Å². The van der Waals surface area contributed by atoms with Crippen LogP contribution in [0.5, 0.6) is 0 Å². The van der Waals surface area contributed by atoms with Gasteiger partial charge in [-0.1, -0.05) is 261 Å². The van der Waals surface area contributed by atoms with Crippen LogP contribution in [0.4, 0.5) is 0 Å². The average Bonchev–Trinajstić information content (AvgIpc) is 1.39. The molecule has 3 heterocycles. The molecular formula is C76H70N2O3P5+3. The predicted octanol–water partition coefficient (Wildman–Crippen LogP) is 14.3. The molecule has 3 aliphatic rings. The Morgan fingerprint density at radius 3 is 1.02 bits per heavy atom. The highest BCUT2D eigenvalue weighted by molar-refractivity contribution is 8.07. The second-order valence-corrected chi connectivity index (χ2v) is 36.6. The van der Waals surface area contributed by atoms with Gasteiger partial charge < -0.3 is 0 Å². The first-order chi connectivity index (χ1) is 42.4. The summed E-state index contributed by atoms with van der Waals surface area (Å²) in [6.07, 6.45) is 2.06. The van der Waals surface area contributed by atoms with Crippen LogP contribution in [0.2, 0.25) is 0 Å². The zero-order valence-corrected chi connectivity index (χ0v) is 53.0. The molecule has 3 aliphatic heterocycles. The van der Waals surface area contributed by atoms with E-state index in [1.54, 1.807) is 0 Å². The van der Waals surface area contributed by atoms with Crippen LogP contribution >= 0.6 is 38.6 Å². The summed E-state index contributed by atoms with van der Waals surface area (Å²) in [6, 6.07) is 125. The van der Waals surface area contributed by atoms with E-state index in [0.29, 0.717) is 13.0 Å². The van der Waals surface area contributed by atoms with Crippen LogP contribution in [0.25, 0.3) is 0 Å². The minimum absolute atomic E-state index is 0.347. The van der Waals surface area contributed by atoms with Crippen molar-refractivity contribution < 1.29 is 13.6 Å². The van der Waals surface area contributed by atoms with Crippen molar-refractivity contribution in [3.8, 4) is 0 Å². The molecule has 0 radical (unpaired) electrons. The molecule has 0 N–H and O–H groups in total. The van der Waals surface area contributed by atoms with Gasteiger partial charge >= 0.3 is 12.6 Å². The third kappa shape index (κ3) is 9.13. The van der Waals surface area contributed by atoms with Gasteiger partial charge in [-0.3, -0.25) is 4.67 Å². The van der Waals surface area contributed by atoms with E-state index in [4.69, 9.17) is 9.05 Å². The first kappa shape index (κ1) is 57.1. The summed E-state index contributed by atoms with van der Waals surface area (Å²) < 4.78 is 32.5. The van der Waals surface area contributed by atoms with Crippen LogP contribution in [0, 0.1) is 0 Å². The second kappa shape index (κ2) is 24.2. The van der Waals surface area contributed by atoms with Crippen LogP contribution in [-0.4, -0.2) is 52.0 Å². The average molecular weight is 1210 g/mol. The zero-order valence-electron chi connectivity index (χ0n) is 48.5. The van der Waals surface area contributed by atoms with Crippen molar-refractivity contribution in [1.29, 1.82) is 0 Å². The van der Waals surface area contributed by atoms with Crippen LogP contribution < -0.4 is 53.0 Å². The Balaban J connectivity index is 1.24. The van der Waals surface area contributed by atoms with Gasteiger partial charge in [0, 0.05) is 22.6 Å². The van der Waals surface area contributed by atoms with Crippen LogP contribution in [0.3, 0.4) is 0 Å². The SMILES string of the molecule is CN(P(c1ccccc1)c1ccccc1)C1(Cc2ccccc2)O[P+](c2ccccc2)(c2ccccc2)[C@H]1C1(N(C)P(c2ccccc2)c2ccccc2)CCCO[P+](c2ccccc2)(c2ccccc2)[C@]12O[P+]2(c1ccccc1)c1ccccc1. The molecule has 11 aromatic rings. The maximum Gasteiger partial charge on any atom is 0.404 e. The van der Waals surface area contributed by atoms with Crippen molar-refractivity contribution in [3.05, 3.63) is 339 Å². The minimum Gasteiger partial charge on any atom is -0.258 e. The Morgan fingerprint density at radius 1 is 0.360 bits per heavy atom. The lowest BCUT2D eigenvalue weighted by atomic mass is 9.81. The smallest absolute Gasteiger partial charge is 0.258 e. The van der Waals surface area contributed by atoms with E-state index in [1.807, 2.05) is 0 Å². The number of rotatable bonds is 17. The van der Waals surface area contributed by atoms with Crippen molar-refractivity contribution in [2.75, 3.05) is 20.7 Å². The van der Waals surface area contributed by atoms with Gasteiger partial charge in [0.25, 0.3) is 7.49 Å². The predicted molar refractivity (Wildman–Crippen MR) is 370 cm³/mol. The second-order valence-electron chi connectivity index (χ2n) is 22.5. The first-order valence-electron chi connectivity index (χ1n) is 29.8. The van der Waals surface area contributed by atoms with Gasteiger partial charge in [0.15, 0.2) is 11.2 Å². The molecule has 86 heavy (non-hydrogen) atoms. The molecule has 11 aromatic carbocycles. The highest BCUT2D eigenvalue weighted by Crippen LogP contribution is 3.05. The van der Waals surface area contributed by atoms with Gasteiger partial charge in [0.05, 0.1) is 6.61 Å². The summed E-state index contributed by atoms with van der Waals surface area (Å²) in [5.41, 5.74) is -1.19. The molecule has 0 amide bonds. The van der Waals surface area contributed by atoms with Gasteiger partial charge in [-0.25, -0.2) is 9.19 Å². The molecule has 10 heteroatoms. The molecule has 424 valence electrons. The highest BCUT2D eigenvalue weighted by Gasteiger charge is 3.09. The molecular weight excluding hydrogens is 1140 g/mol. The van der Waals surface area contributed by atoms with Crippen LogP contribution in [-0.2, 0) is 20.0 Å². The van der Waals surface area contributed by atoms with Crippen molar-refractivity contribution in [2.24, 2.45) is 0 Å². The fourth-order valence-corrected chi connectivity index (χ4v) is 37.4. The zero-order chi connectivity index (χ0) is 58.1. The Labute approximate surface area is 512 Å². The standard InChI is InChI=1S/C76H70N2O3P5/c1-77(82(63-39-16-4-17-40-63)64-41-18-5-19-42-64)74(59-36-60-79-85(69-51-28-10-29-52-69,70-53-30-11-31-54-70)76(74)81-86(76,71-55-32-12-33-56-71)72-57-34-13-35-58-72)73-75(61-62-37-14-3-15-38-62,78(2)83(65-43-20-6-21-44-65)66-45-22-7-23-46-66)80-84(73,67-47-24-8-25-48-67)68-49-26-9-27-50-68/h3-35,37-58,73H,36,59-61H2,1-2H3/q+3/t73-,74?,75?,76+/m0/s1. The molecule has 2 unspecified atom stereocenters. The quantitative estimate of drug-likeness (QED) is 0.0671. The van der Waals surface area contributed by atoms with E-state index in [0.717, 1.165) is 12.8 Å². The molecule has 0 aliphatic carbocycles. The van der Waals surface area contributed by atoms with Gasteiger partial charge in [-0.05, 0) is 127 Å². The van der Waals surface area contributed by atoms with Crippen molar-refractivity contribution in [1.82, 2.24) is 9.34 Å². The van der Waals surface area contributed by atoms with E-state index >= 15 is 0 Å². The first-order valence-corrected chi connectivity index (χ1v) is 37.6. The Morgan fingerprint density at radius 2 is 0.663 bits per heavy atom. The number of hydrogen-bond acceptors (Lipinski definition) is 5. The largest absolute Gasteiger partial charge is 0.404 e. The van der Waals surface area contributed by atoms with E-state index in [-0.39, 0.29) is 5.66 Å². The molecule has 0 aromatic heterocycles. The maximum absolute atomic E-state index is 9.20. The van der Waals surface area contributed by atoms with Crippen LogP contribution in [0.15, 0.2) is 334 Å².